The quantitative estimate of drug-likeness (QED) is 0.0293. The molecule has 0 saturated carbocycles. The summed E-state index contributed by atoms with van der Waals surface area (Å²) in [4.78, 5) is 117. The predicted octanol–water partition coefficient (Wildman–Crippen LogP) is -0.518. The standard InChI is InChI=1S/C48H58N12O8/c1-52-39-42(65)58-36(22-31-26-54-34-16-8-7-15-33(31)34)41(64)57-35(40(49)63)17-9-10-19-55-48(39,18-20-53-45(50)51)38(62)23-37-43(66)60(46(68)59-37)47(24-29-13-5-6-14-30(29)25-47)44(67)56-32(27-61)21-28-11-3-2-4-12-28/h2-8,11-16,26-27,32,35-37,39,52,54-55H,9-10,17-25H2,1H3,(H2,49,63)(H,56,67)(H,57,64)(H,58,65)(H,59,68)(H4,50,51,53)/t32-,35+,36+,37+,39?,48+/m1/s1. The Morgan fingerprint density at radius 3 is 2.25 bits per heavy atom. The normalized spacial score (nSPS) is 23.4. The molecule has 20 nitrogen and oxygen atoms in total. The van der Waals surface area contributed by atoms with Crippen LogP contribution in [0.25, 0.3) is 10.9 Å². The molecule has 3 aliphatic rings. The van der Waals surface area contributed by atoms with Crippen LogP contribution in [-0.2, 0) is 59.2 Å². The summed E-state index contributed by atoms with van der Waals surface area (Å²) in [5.74, 6) is -4.94. The molecule has 6 atom stereocenters. The summed E-state index contributed by atoms with van der Waals surface area (Å²) in [6.45, 7) is -0.0168. The summed E-state index contributed by atoms with van der Waals surface area (Å²) in [6, 6.07) is 16.4. The van der Waals surface area contributed by atoms with Gasteiger partial charge in [-0.3, -0.25) is 34.2 Å². The van der Waals surface area contributed by atoms with Gasteiger partial charge in [-0.25, -0.2) is 9.69 Å². The van der Waals surface area contributed by atoms with Crippen molar-refractivity contribution in [2.24, 2.45) is 11.5 Å². The number of aromatic nitrogens is 1. The summed E-state index contributed by atoms with van der Waals surface area (Å²) in [6.07, 6.45) is 2.33. The van der Waals surface area contributed by atoms with Gasteiger partial charge < -0.3 is 58.5 Å². The lowest BCUT2D eigenvalue weighted by Gasteiger charge is -2.40. The van der Waals surface area contributed by atoms with E-state index in [1.165, 1.54) is 7.05 Å². The second-order valence-electron chi connectivity index (χ2n) is 17.7. The highest BCUT2D eigenvalue weighted by molar-refractivity contribution is 6.12. The number of primary amides is 1. The maximum atomic E-state index is 15.3. The number of amides is 7. The van der Waals surface area contributed by atoms with Gasteiger partial charge in [0, 0.05) is 49.3 Å². The first-order valence-corrected chi connectivity index (χ1v) is 22.7. The molecular weight excluding hydrogens is 873 g/mol. The molecule has 4 aromatic rings. The Labute approximate surface area is 392 Å². The van der Waals surface area contributed by atoms with Crippen LogP contribution in [0.2, 0.25) is 0 Å². The average molecular weight is 931 g/mol. The molecule has 3 aromatic carbocycles. The van der Waals surface area contributed by atoms with Crippen molar-refractivity contribution in [3.8, 4) is 0 Å². The number of nitrogens with one attached hydrogen (secondary N) is 9. The second kappa shape index (κ2) is 21.0. The number of carbonyl (C=O) groups excluding carboxylic acids is 8. The number of rotatable bonds is 16. The first-order valence-electron chi connectivity index (χ1n) is 22.7. The zero-order valence-electron chi connectivity index (χ0n) is 37.7. The number of hydrogen-bond acceptors (Lipinski definition) is 11. The van der Waals surface area contributed by atoms with Gasteiger partial charge in [-0.1, -0.05) is 72.8 Å². The Morgan fingerprint density at radius 2 is 1.57 bits per heavy atom. The SMILES string of the molecule is CNC1C(=O)N[C@@H](Cc2c[nH]c3ccccc23)C(=O)N[C@H](C(N)=O)CCCCN[C@@]1(CCNC(=N)N)C(=O)C[C@@H]1NC(=O)N(C2(C(=O)N[C@@H](C=O)Cc3ccccc3)Cc3ccccc3C2)C1=O. The number of urea groups is 1. The van der Waals surface area contributed by atoms with Crippen molar-refractivity contribution >= 4 is 64.5 Å². The van der Waals surface area contributed by atoms with Crippen LogP contribution in [-0.4, -0.2) is 125 Å². The first-order chi connectivity index (χ1) is 32.7. The number of benzene rings is 3. The van der Waals surface area contributed by atoms with E-state index in [2.05, 4.69) is 42.2 Å². The van der Waals surface area contributed by atoms with E-state index in [1.54, 1.807) is 42.6 Å². The molecule has 3 heterocycles. The molecule has 1 aliphatic carbocycles. The van der Waals surface area contributed by atoms with Crippen molar-refractivity contribution < 1.29 is 38.4 Å². The van der Waals surface area contributed by atoms with Crippen LogP contribution in [0.3, 0.4) is 0 Å². The predicted molar refractivity (Wildman–Crippen MR) is 251 cm³/mol. The molecule has 0 spiro atoms. The lowest BCUT2D eigenvalue weighted by atomic mass is 9.78. The van der Waals surface area contributed by atoms with E-state index in [9.17, 15) is 33.6 Å². The van der Waals surface area contributed by atoms with Gasteiger partial charge >= 0.3 is 6.03 Å². The maximum absolute atomic E-state index is 15.3. The molecule has 1 unspecified atom stereocenters. The Balaban J connectivity index is 1.21. The number of para-hydroxylation sites is 1. The third-order valence-corrected chi connectivity index (χ3v) is 13.3. The van der Waals surface area contributed by atoms with Gasteiger partial charge in [-0.2, -0.15) is 0 Å². The Kier molecular flexibility index (Phi) is 15.0. The van der Waals surface area contributed by atoms with E-state index in [-0.39, 0.29) is 51.6 Å². The van der Waals surface area contributed by atoms with Gasteiger partial charge in [0.2, 0.25) is 23.6 Å². The molecule has 2 fully saturated rings. The van der Waals surface area contributed by atoms with E-state index in [0.717, 1.165) is 32.5 Å². The van der Waals surface area contributed by atoms with Crippen molar-refractivity contribution in [2.75, 3.05) is 20.1 Å². The van der Waals surface area contributed by atoms with Crippen LogP contribution >= 0.6 is 0 Å². The molecule has 1 aromatic heterocycles. The van der Waals surface area contributed by atoms with Crippen LogP contribution in [0.5, 0.6) is 0 Å². The van der Waals surface area contributed by atoms with Crippen molar-refractivity contribution in [1.29, 1.82) is 5.41 Å². The summed E-state index contributed by atoms with van der Waals surface area (Å²) in [7, 11) is 1.46. The molecule has 358 valence electrons. The number of nitrogens with two attached hydrogens (primary N) is 2. The fourth-order valence-electron chi connectivity index (χ4n) is 9.82. The number of guanidine groups is 1. The third kappa shape index (κ3) is 10.2. The fourth-order valence-corrected chi connectivity index (χ4v) is 9.82. The van der Waals surface area contributed by atoms with Crippen LogP contribution in [0.15, 0.2) is 85.1 Å². The fraction of sp³-hybridized carbons (Fsp3) is 0.396. The monoisotopic (exact) mass is 930 g/mol. The number of H-pyrrole nitrogens is 1. The molecule has 13 N–H and O–H groups in total. The summed E-state index contributed by atoms with van der Waals surface area (Å²) in [5, 5.41) is 28.6. The molecule has 7 rings (SSSR count). The highest BCUT2D eigenvalue weighted by Crippen LogP contribution is 2.38. The van der Waals surface area contributed by atoms with Gasteiger partial charge in [0.15, 0.2) is 11.7 Å². The topological polar surface area (TPSA) is 316 Å². The van der Waals surface area contributed by atoms with Crippen molar-refractivity contribution in [1.82, 2.24) is 47.1 Å². The molecule has 2 aliphatic heterocycles. The van der Waals surface area contributed by atoms with E-state index in [0.29, 0.717) is 24.7 Å². The molecule has 20 heteroatoms. The van der Waals surface area contributed by atoms with Crippen LogP contribution < -0.4 is 48.7 Å². The van der Waals surface area contributed by atoms with Gasteiger partial charge in [-0.05, 0) is 74.0 Å². The number of likely N-dealkylation sites (N-methyl/N-ethyl adjacent to an activating group) is 1. The number of hydrogen-bond donors (Lipinski definition) is 11. The number of imide groups is 1. The Morgan fingerprint density at radius 1 is 0.882 bits per heavy atom. The van der Waals surface area contributed by atoms with Gasteiger partial charge in [0.05, 0.1) is 6.04 Å². The average Bonchev–Trinajstić information content (AvgIpc) is 4.00. The van der Waals surface area contributed by atoms with E-state index in [1.807, 2.05) is 42.5 Å². The minimum atomic E-state index is -1.90. The number of nitrogens with zero attached hydrogens (tertiary/aromatic N) is 1. The maximum Gasteiger partial charge on any atom is 0.325 e. The molecular formula is C48H58N12O8. The van der Waals surface area contributed by atoms with Gasteiger partial charge in [-0.15, -0.1) is 0 Å². The first kappa shape index (κ1) is 48.5. The van der Waals surface area contributed by atoms with Crippen LogP contribution in [0.1, 0.15) is 54.4 Å². The molecule has 0 bridgehead atoms. The minimum absolute atomic E-state index is 0.0265. The number of Topliss-reactive ketones (excluding diaryl/α,β-unsaturated/α-hetero) is 1. The second-order valence-corrected chi connectivity index (χ2v) is 17.7. The van der Waals surface area contributed by atoms with Crippen LogP contribution in [0.4, 0.5) is 4.79 Å². The molecule has 2 saturated heterocycles. The summed E-state index contributed by atoms with van der Waals surface area (Å²) >= 11 is 0. The third-order valence-electron chi connectivity index (χ3n) is 13.3. The Bertz CT molecular complexity index is 2560. The number of ketones is 1. The van der Waals surface area contributed by atoms with Crippen molar-refractivity contribution in [3.63, 3.8) is 0 Å². The van der Waals surface area contributed by atoms with Crippen molar-refractivity contribution in [2.45, 2.75) is 99.1 Å². The highest BCUT2D eigenvalue weighted by Gasteiger charge is 2.59. The van der Waals surface area contributed by atoms with Gasteiger partial charge in [0.1, 0.15) is 41.5 Å². The zero-order chi connectivity index (χ0) is 48.6. The summed E-state index contributed by atoms with van der Waals surface area (Å²) in [5.41, 5.74) is 11.4. The molecule has 0 radical (unpaired) electrons. The smallest absolute Gasteiger partial charge is 0.325 e. The van der Waals surface area contributed by atoms with Crippen molar-refractivity contribution in [3.05, 3.63) is 107 Å². The highest BCUT2D eigenvalue weighted by atomic mass is 16.2. The number of aldehydes is 1. The number of aromatic amines is 1. The lowest BCUT2D eigenvalue weighted by molar-refractivity contribution is -0.143. The lowest BCUT2D eigenvalue weighted by Crippen LogP contribution is -2.71. The Hall–Kier alpha value is -7.45. The number of carbonyl (C=O) groups is 8. The number of fused-ring (bicyclic) bond motifs is 2. The molecule has 68 heavy (non-hydrogen) atoms. The summed E-state index contributed by atoms with van der Waals surface area (Å²) < 4.78 is 0. The zero-order valence-corrected chi connectivity index (χ0v) is 37.7. The minimum Gasteiger partial charge on any atom is -0.370 e. The van der Waals surface area contributed by atoms with Crippen LogP contribution in [0, 0.1) is 5.41 Å². The van der Waals surface area contributed by atoms with Gasteiger partial charge in [0.25, 0.3) is 5.91 Å². The largest absolute Gasteiger partial charge is 0.370 e. The van der Waals surface area contributed by atoms with E-state index in [4.69, 9.17) is 16.9 Å². The van der Waals surface area contributed by atoms with E-state index >= 15 is 4.79 Å². The van der Waals surface area contributed by atoms with E-state index < -0.39 is 95.0 Å². The molecule has 7 amide bonds.